The lowest BCUT2D eigenvalue weighted by Crippen LogP contribution is -2.07. The van der Waals surface area contributed by atoms with Crippen LogP contribution in [0.15, 0.2) is 62.7 Å². The van der Waals surface area contributed by atoms with Gasteiger partial charge in [0.2, 0.25) is 0 Å². The van der Waals surface area contributed by atoms with Crippen molar-refractivity contribution in [2.24, 2.45) is 10.7 Å². The van der Waals surface area contributed by atoms with Gasteiger partial charge in [-0.05, 0) is 54.8 Å². The van der Waals surface area contributed by atoms with Crippen molar-refractivity contribution in [1.82, 2.24) is 0 Å². The molecule has 0 aliphatic heterocycles. The summed E-state index contributed by atoms with van der Waals surface area (Å²) in [7, 11) is 0. The fourth-order valence-corrected chi connectivity index (χ4v) is 3.42. The SMILES string of the molecule is CCOc1ccc(N=C(N)SCc2cc(=O)oc3cc(CC)ccc23)cc1. The number of aliphatic imine (C=N–C) groups is 1. The highest BCUT2D eigenvalue weighted by atomic mass is 32.2. The number of ether oxygens (including phenoxy) is 1. The third-order valence-corrected chi connectivity index (χ3v) is 4.91. The lowest BCUT2D eigenvalue weighted by Gasteiger charge is -2.07. The average Bonchev–Trinajstić information content (AvgIpc) is 2.67. The van der Waals surface area contributed by atoms with Crippen LogP contribution in [0.2, 0.25) is 0 Å². The van der Waals surface area contributed by atoms with Crippen LogP contribution in [0, 0.1) is 0 Å². The first-order chi connectivity index (χ1) is 13.1. The molecular weight excluding hydrogens is 360 g/mol. The van der Waals surface area contributed by atoms with E-state index in [1.165, 1.54) is 17.8 Å². The normalized spacial score (nSPS) is 11.7. The molecule has 0 unspecified atom stereocenters. The number of aryl methyl sites for hydroxylation is 1. The first-order valence-electron chi connectivity index (χ1n) is 8.84. The molecule has 5 nitrogen and oxygen atoms in total. The van der Waals surface area contributed by atoms with Crippen LogP contribution in [-0.2, 0) is 12.2 Å². The van der Waals surface area contributed by atoms with Gasteiger partial charge in [-0.3, -0.25) is 0 Å². The van der Waals surface area contributed by atoms with Crippen molar-refractivity contribution in [2.45, 2.75) is 26.0 Å². The van der Waals surface area contributed by atoms with Gasteiger partial charge in [-0.2, -0.15) is 0 Å². The van der Waals surface area contributed by atoms with E-state index in [0.717, 1.165) is 34.4 Å². The second kappa shape index (κ2) is 8.77. The molecule has 0 atom stereocenters. The Morgan fingerprint density at radius 3 is 2.63 bits per heavy atom. The van der Waals surface area contributed by atoms with Crippen molar-refractivity contribution in [2.75, 3.05) is 6.61 Å². The summed E-state index contributed by atoms with van der Waals surface area (Å²) in [6.07, 6.45) is 0.889. The molecule has 0 spiro atoms. The molecule has 0 saturated carbocycles. The van der Waals surface area contributed by atoms with Gasteiger partial charge in [-0.15, -0.1) is 0 Å². The fraction of sp³-hybridized carbons (Fsp3) is 0.238. The highest BCUT2D eigenvalue weighted by Crippen LogP contribution is 2.24. The average molecular weight is 382 g/mol. The number of amidine groups is 1. The van der Waals surface area contributed by atoms with Gasteiger partial charge >= 0.3 is 5.63 Å². The maximum atomic E-state index is 11.9. The summed E-state index contributed by atoms with van der Waals surface area (Å²) < 4.78 is 10.8. The summed E-state index contributed by atoms with van der Waals surface area (Å²) in [5.74, 6) is 1.34. The lowest BCUT2D eigenvalue weighted by molar-refractivity contribution is 0.340. The Bertz CT molecular complexity index is 1010. The van der Waals surface area contributed by atoms with E-state index >= 15 is 0 Å². The topological polar surface area (TPSA) is 77.8 Å². The number of fused-ring (bicyclic) bond motifs is 1. The van der Waals surface area contributed by atoms with E-state index in [2.05, 4.69) is 11.9 Å². The van der Waals surface area contributed by atoms with E-state index in [4.69, 9.17) is 14.9 Å². The molecule has 1 heterocycles. The first kappa shape index (κ1) is 19.0. The van der Waals surface area contributed by atoms with Crippen molar-refractivity contribution < 1.29 is 9.15 Å². The largest absolute Gasteiger partial charge is 0.494 e. The zero-order chi connectivity index (χ0) is 19.2. The third-order valence-electron chi connectivity index (χ3n) is 4.07. The predicted octanol–water partition coefficient (Wildman–Crippen LogP) is 4.63. The van der Waals surface area contributed by atoms with E-state index in [1.807, 2.05) is 49.4 Å². The molecule has 3 aromatic rings. The molecule has 3 rings (SSSR count). The smallest absolute Gasteiger partial charge is 0.336 e. The summed E-state index contributed by atoms with van der Waals surface area (Å²) >= 11 is 1.39. The minimum Gasteiger partial charge on any atom is -0.494 e. The van der Waals surface area contributed by atoms with Gasteiger partial charge in [0.1, 0.15) is 11.3 Å². The molecule has 27 heavy (non-hydrogen) atoms. The van der Waals surface area contributed by atoms with E-state index < -0.39 is 0 Å². The van der Waals surface area contributed by atoms with Gasteiger partial charge in [0, 0.05) is 17.2 Å². The van der Waals surface area contributed by atoms with Crippen LogP contribution < -0.4 is 16.1 Å². The Kier molecular flexibility index (Phi) is 6.19. The molecule has 0 aliphatic rings. The van der Waals surface area contributed by atoms with Crippen molar-refractivity contribution >= 4 is 33.6 Å². The lowest BCUT2D eigenvalue weighted by atomic mass is 10.1. The number of benzene rings is 2. The fourth-order valence-electron chi connectivity index (χ4n) is 2.71. The van der Waals surface area contributed by atoms with Crippen LogP contribution in [0.1, 0.15) is 25.0 Å². The van der Waals surface area contributed by atoms with Crippen LogP contribution in [0.4, 0.5) is 5.69 Å². The molecule has 0 aliphatic carbocycles. The molecule has 0 saturated heterocycles. The zero-order valence-corrected chi connectivity index (χ0v) is 16.2. The molecule has 0 radical (unpaired) electrons. The van der Waals surface area contributed by atoms with E-state index in [9.17, 15) is 4.79 Å². The van der Waals surface area contributed by atoms with Gasteiger partial charge in [-0.1, -0.05) is 30.8 Å². The van der Waals surface area contributed by atoms with Crippen LogP contribution in [0.3, 0.4) is 0 Å². The molecule has 0 bridgehead atoms. The maximum absolute atomic E-state index is 11.9. The Morgan fingerprint density at radius 2 is 1.93 bits per heavy atom. The summed E-state index contributed by atoms with van der Waals surface area (Å²) in [6.45, 7) is 4.63. The van der Waals surface area contributed by atoms with E-state index in [0.29, 0.717) is 23.1 Å². The van der Waals surface area contributed by atoms with Gasteiger partial charge in [0.15, 0.2) is 5.17 Å². The molecule has 2 N–H and O–H groups in total. The molecule has 1 aromatic heterocycles. The van der Waals surface area contributed by atoms with Crippen molar-refractivity contribution in [3.63, 3.8) is 0 Å². The summed E-state index contributed by atoms with van der Waals surface area (Å²) in [6, 6.07) is 14.9. The van der Waals surface area contributed by atoms with Gasteiger partial charge < -0.3 is 14.9 Å². The minimum atomic E-state index is -0.353. The van der Waals surface area contributed by atoms with Crippen LogP contribution in [0.5, 0.6) is 5.75 Å². The Labute approximate surface area is 162 Å². The van der Waals surface area contributed by atoms with Crippen molar-refractivity contribution in [3.05, 3.63) is 70.1 Å². The second-order valence-corrected chi connectivity index (χ2v) is 6.94. The van der Waals surface area contributed by atoms with Crippen LogP contribution >= 0.6 is 11.8 Å². The number of hydrogen-bond donors (Lipinski definition) is 1. The molecule has 0 fully saturated rings. The number of nitrogens with zero attached hydrogens (tertiary/aromatic N) is 1. The van der Waals surface area contributed by atoms with Crippen molar-refractivity contribution in [1.29, 1.82) is 0 Å². The monoisotopic (exact) mass is 382 g/mol. The maximum Gasteiger partial charge on any atom is 0.336 e. The Hall–Kier alpha value is -2.73. The molecule has 140 valence electrons. The van der Waals surface area contributed by atoms with Gasteiger partial charge in [0.25, 0.3) is 0 Å². The molecule has 2 aromatic carbocycles. The zero-order valence-electron chi connectivity index (χ0n) is 15.4. The standard InChI is InChI=1S/C21H22N2O3S/c1-3-14-5-10-18-15(12-20(24)26-19(18)11-14)13-27-21(22)23-16-6-8-17(9-7-16)25-4-2/h5-12H,3-4,13H2,1-2H3,(H2,22,23). The number of nitrogens with two attached hydrogens (primary N) is 1. The third kappa shape index (κ3) is 4.92. The van der Waals surface area contributed by atoms with E-state index in [1.54, 1.807) is 0 Å². The highest BCUT2D eigenvalue weighted by Gasteiger charge is 2.08. The highest BCUT2D eigenvalue weighted by molar-refractivity contribution is 8.13. The van der Waals surface area contributed by atoms with Crippen LogP contribution in [0.25, 0.3) is 11.0 Å². The van der Waals surface area contributed by atoms with Gasteiger partial charge in [-0.25, -0.2) is 9.79 Å². The quantitative estimate of drug-likeness (QED) is 0.382. The predicted molar refractivity (Wildman–Crippen MR) is 112 cm³/mol. The van der Waals surface area contributed by atoms with Gasteiger partial charge in [0.05, 0.1) is 12.3 Å². The Morgan fingerprint density at radius 1 is 1.15 bits per heavy atom. The number of thioether (sulfide) groups is 1. The number of rotatable bonds is 6. The first-order valence-corrected chi connectivity index (χ1v) is 9.83. The summed E-state index contributed by atoms with van der Waals surface area (Å²) in [4.78, 5) is 16.3. The molecule has 6 heteroatoms. The summed E-state index contributed by atoms with van der Waals surface area (Å²) in [5, 5.41) is 1.36. The van der Waals surface area contributed by atoms with Crippen LogP contribution in [-0.4, -0.2) is 11.8 Å². The minimum absolute atomic E-state index is 0.353. The Balaban J connectivity index is 1.76. The van der Waals surface area contributed by atoms with Crippen molar-refractivity contribution in [3.8, 4) is 5.75 Å². The molecular formula is C21H22N2O3S. The number of hydrogen-bond acceptors (Lipinski definition) is 5. The summed E-state index contributed by atoms with van der Waals surface area (Å²) in [5.41, 5.74) is 9.09. The second-order valence-electron chi connectivity index (χ2n) is 5.94. The molecule has 0 amide bonds. The van der Waals surface area contributed by atoms with E-state index in [-0.39, 0.29) is 5.63 Å².